The zero-order valence-corrected chi connectivity index (χ0v) is 13.5. The molecular formula is C19H24N2O2. The number of fused-ring (bicyclic) bond motifs is 1. The number of amides is 1. The molecule has 2 aromatic rings. The van der Waals surface area contributed by atoms with Gasteiger partial charge in [-0.3, -0.25) is 9.69 Å². The van der Waals surface area contributed by atoms with Gasteiger partial charge in [0.1, 0.15) is 0 Å². The average Bonchev–Trinajstić information content (AvgIpc) is 3.01. The number of likely N-dealkylation sites (tertiary alicyclic amines) is 1. The van der Waals surface area contributed by atoms with E-state index < -0.39 is 0 Å². The third kappa shape index (κ3) is 3.71. The van der Waals surface area contributed by atoms with E-state index >= 15 is 0 Å². The Morgan fingerprint density at radius 3 is 2.87 bits per heavy atom. The molecule has 1 heterocycles. The van der Waals surface area contributed by atoms with Crippen LogP contribution in [-0.2, 0) is 4.79 Å². The van der Waals surface area contributed by atoms with Crippen molar-refractivity contribution in [2.75, 3.05) is 26.2 Å². The predicted molar refractivity (Wildman–Crippen MR) is 92.1 cm³/mol. The van der Waals surface area contributed by atoms with Crippen molar-refractivity contribution >= 4 is 16.7 Å². The molecule has 0 radical (unpaired) electrons. The minimum absolute atomic E-state index is 0.0233. The molecule has 0 bridgehead atoms. The van der Waals surface area contributed by atoms with Crippen molar-refractivity contribution in [2.45, 2.75) is 19.4 Å². The molecule has 4 nitrogen and oxygen atoms in total. The van der Waals surface area contributed by atoms with Gasteiger partial charge in [0.05, 0.1) is 12.6 Å². The van der Waals surface area contributed by atoms with Crippen LogP contribution in [-0.4, -0.2) is 42.2 Å². The van der Waals surface area contributed by atoms with Crippen LogP contribution in [0.3, 0.4) is 0 Å². The van der Waals surface area contributed by atoms with Crippen molar-refractivity contribution in [1.29, 1.82) is 0 Å². The zero-order valence-electron chi connectivity index (χ0n) is 13.5. The number of carbonyl (C=O) groups excluding carboxylic acids is 1. The lowest BCUT2D eigenvalue weighted by Gasteiger charge is -2.20. The van der Waals surface area contributed by atoms with E-state index in [9.17, 15) is 9.90 Å². The molecule has 3 rings (SSSR count). The summed E-state index contributed by atoms with van der Waals surface area (Å²) in [5, 5.41) is 14.7. The third-order valence-electron chi connectivity index (χ3n) is 4.66. The molecule has 2 aromatic carbocycles. The maximum atomic E-state index is 12.3. The van der Waals surface area contributed by atoms with Crippen LogP contribution in [0, 0.1) is 5.92 Å². The van der Waals surface area contributed by atoms with Gasteiger partial charge in [-0.15, -0.1) is 0 Å². The highest BCUT2D eigenvalue weighted by Crippen LogP contribution is 2.24. The maximum Gasteiger partial charge on any atom is 0.234 e. The Kier molecular flexibility index (Phi) is 4.94. The number of benzene rings is 2. The molecule has 122 valence electrons. The molecule has 0 saturated carbocycles. The van der Waals surface area contributed by atoms with Crippen LogP contribution in [0.15, 0.2) is 42.5 Å². The van der Waals surface area contributed by atoms with Gasteiger partial charge in [0.2, 0.25) is 5.91 Å². The first-order valence-electron chi connectivity index (χ1n) is 8.27. The van der Waals surface area contributed by atoms with Gasteiger partial charge in [-0.1, -0.05) is 42.5 Å². The number of carbonyl (C=O) groups is 1. The average molecular weight is 312 g/mol. The predicted octanol–water partition coefficient (Wildman–Crippen LogP) is 2.33. The van der Waals surface area contributed by atoms with Crippen molar-refractivity contribution in [3.05, 3.63) is 48.0 Å². The smallest absolute Gasteiger partial charge is 0.234 e. The maximum absolute atomic E-state index is 12.3. The quantitative estimate of drug-likeness (QED) is 0.891. The molecule has 0 aromatic heterocycles. The number of aliphatic hydroxyl groups is 1. The van der Waals surface area contributed by atoms with E-state index in [0.717, 1.165) is 25.1 Å². The topological polar surface area (TPSA) is 52.6 Å². The highest BCUT2D eigenvalue weighted by molar-refractivity contribution is 5.87. The van der Waals surface area contributed by atoms with Crippen LogP contribution in [0.4, 0.5) is 0 Å². The second-order valence-electron chi connectivity index (χ2n) is 6.43. The summed E-state index contributed by atoms with van der Waals surface area (Å²) in [7, 11) is 0. The highest BCUT2D eigenvalue weighted by Gasteiger charge is 2.23. The van der Waals surface area contributed by atoms with Gasteiger partial charge in [0.25, 0.3) is 0 Å². The fraction of sp³-hybridized carbons (Fsp3) is 0.421. The Morgan fingerprint density at radius 2 is 2.09 bits per heavy atom. The minimum Gasteiger partial charge on any atom is -0.396 e. The summed E-state index contributed by atoms with van der Waals surface area (Å²) in [6, 6.07) is 14.4. The van der Waals surface area contributed by atoms with Gasteiger partial charge in [-0.2, -0.15) is 0 Å². The number of hydrogen-bond acceptors (Lipinski definition) is 3. The zero-order chi connectivity index (χ0) is 16.2. The molecule has 1 amide bonds. The lowest BCUT2D eigenvalue weighted by Crippen LogP contribution is -2.37. The summed E-state index contributed by atoms with van der Waals surface area (Å²) in [5.41, 5.74) is 1.14. The van der Waals surface area contributed by atoms with E-state index in [4.69, 9.17) is 0 Å². The fourth-order valence-electron chi connectivity index (χ4n) is 3.40. The number of aliphatic hydroxyl groups excluding tert-OH is 1. The number of hydrogen-bond donors (Lipinski definition) is 2. The van der Waals surface area contributed by atoms with Crippen molar-refractivity contribution in [3.63, 3.8) is 0 Å². The molecule has 23 heavy (non-hydrogen) atoms. The van der Waals surface area contributed by atoms with Crippen molar-refractivity contribution in [3.8, 4) is 0 Å². The van der Waals surface area contributed by atoms with Gasteiger partial charge < -0.3 is 10.4 Å². The Labute approximate surface area is 137 Å². The van der Waals surface area contributed by atoms with Crippen LogP contribution in [0.5, 0.6) is 0 Å². The highest BCUT2D eigenvalue weighted by atomic mass is 16.3. The van der Waals surface area contributed by atoms with Gasteiger partial charge in [-0.05, 0) is 42.1 Å². The summed E-state index contributed by atoms with van der Waals surface area (Å²) in [5.74, 6) is 0.363. The van der Waals surface area contributed by atoms with Gasteiger partial charge in [0, 0.05) is 13.2 Å². The van der Waals surface area contributed by atoms with E-state index in [1.807, 2.05) is 25.1 Å². The van der Waals surface area contributed by atoms with E-state index in [1.54, 1.807) is 0 Å². The minimum atomic E-state index is -0.0233. The lowest BCUT2D eigenvalue weighted by atomic mass is 10.00. The van der Waals surface area contributed by atoms with E-state index in [2.05, 4.69) is 34.5 Å². The summed E-state index contributed by atoms with van der Waals surface area (Å²) in [6.07, 6.45) is 0.975. The Balaban J connectivity index is 1.64. The molecule has 1 aliphatic heterocycles. The normalized spacial score (nSPS) is 19.8. The summed E-state index contributed by atoms with van der Waals surface area (Å²) in [6.45, 7) is 4.35. The Bertz CT molecular complexity index is 681. The Morgan fingerprint density at radius 1 is 1.30 bits per heavy atom. The SMILES string of the molecule is CC(NC(=O)CN1CCC(CO)C1)c1cccc2ccccc12. The molecule has 0 aliphatic carbocycles. The van der Waals surface area contributed by atoms with E-state index in [1.165, 1.54) is 10.8 Å². The summed E-state index contributed by atoms with van der Waals surface area (Å²) < 4.78 is 0. The first-order valence-corrected chi connectivity index (χ1v) is 8.27. The van der Waals surface area contributed by atoms with Crippen LogP contribution in [0.2, 0.25) is 0 Å². The molecule has 2 atom stereocenters. The van der Waals surface area contributed by atoms with Crippen LogP contribution >= 0.6 is 0 Å². The molecular weight excluding hydrogens is 288 g/mol. The standard InChI is InChI=1S/C19H24N2O2/c1-14(17-8-4-6-16-5-2-3-7-18(16)17)20-19(23)12-21-10-9-15(11-21)13-22/h2-8,14-15,22H,9-13H2,1H3,(H,20,23). The molecule has 2 unspecified atom stereocenters. The van der Waals surface area contributed by atoms with Gasteiger partial charge in [0.15, 0.2) is 0 Å². The lowest BCUT2D eigenvalue weighted by molar-refractivity contribution is -0.122. The van der Waals surface area contributed by atoms with Crippen LogP contribution in [0.1, 0.15) is 24.9 Å². The largest absolute Gasteiger partial charge is 0.396 e. The molecule has 1 saturated heterocycles. The molecule has 4 heteroatoms. The van der Waals surface area contributed by atoms with Crippen LogP contribution in [0.25, 0.3) is 10.8 Å². The van der Waals surface area contributed by atoms with Crippen molar-refractivity contribution in [1.82, 2.24) is 10.2 Å². The fourth-order valence-corrected chi connectivity index (χ4v) is 3.40. The van der Waals surface area contributed by atoms with Gasteiger partial charge >= 0.3 is 0 Å². The number of rotatable bonds is 5. The van der Waals surface area contributed by atoms with E-state index in [0.29, 0.717) is 12.5 Å². The third-order valence-corrected chi connectivity index (χ3v) is 4.66. The monoisotopic (exact) mass is 312 g/mol. The molecule has 1 fully saturated rings. The molecule has 0 spiro atoms. The summed E-state index contributed by atoms with van der Waals surface area (Å²) >= 11 is 0. The number of nitrogens with zero attached hydrogens (tertiary/aromatic N) is 1. The first kappa shape index (κ1) is 16.0. The number of nitrogens with one attached hydrogen (secondary N) is 1. The Hall–Kier alpha value is -1.91. The summed E-state index contributed by atoms with van der Waals surface area (Å²) in [4.78, 5) is 14.4. The van der Waals surface area contributed by atoms with Crippen molar-refractivity contribution < 1.29 is 9.90 Å². The van der Waals surface area contributed by atoms with Gasteiger partial charge in [-0.25, -0.2) is 0 Å². The second-order valence-corrected chi connectivity index (χ2v) is 6.43. The molecule has 2 N–H and O–H groups in total. The second kappa shape index (κ2) is 7.11. The first-order chi connectivity index (χ1) is 11.2. The van der Waals surface area contributed by atoms with Crippen molar-refractivity contribution in [2.24, 2.45) is 5.92 Å². The van der Waals surface area contributed by atoms with E-state index in [-0.39, 0.29) is 18.6 Å². The van der Waals surface area contributed by atoms with Crippen LogP contribution < -0.4 is 5.32 Å². The molecule has 1 aliphatic rings.